The second kappa shape index (κ2) is 6.56. The maximum absolute atomic E-state index is 12.0. The van der Waals surface area contributed by atoms with E-state index in [1.165, 1.54) is 0 Å². The molecule has 2 N–H and O–H groups in total. The van der Waals surface area contributed by atoms with Crippen LogP contribution in [0.25, 0.3) is 0 Å². The number of rotatable bonds is 4. The first kappa shape index (κ1) is 13.9. The highest BCUT2D eigenvalue weighted by Crippen LogP contribution is 2.15. The van der Waals surface area contributed by atoms with Gasteiger partial charge in [0.15, 0.2) is 0 Å². The molecule has 2 rings (SSSR count). The highest BCUT2D eigenvalue weighted by Gasteiger charge is 2.25. The Morgan fingerprint density at radius 2 is 1.89 bits per heavy atom. The number of carboxylic acid groups (broad SMARTS) is 1. The summed E-state index contributed by atoms with van der Waals surface area (Å²) in [6.45, 7) is 0.983. The summed E-state index contributed by atoms with van der Waals surface area (Å²) in [6, 6.07) is 0.207. The minimum absolute atomic E-state index is 0.0228. The molecule has 0 aromatic carbocycles. The Balaban J connectivity index is 1.67. The molecular formula is C13H20N2O4. The molecule has 0 aromatic heterocycles. The number of nitrogens with one attached hydrogen (secondary N) is 1. The topological polar surface area (TPSA) is 78.9 Å². The standard InChI is InChI=1S/C13H20N2O4/c16-12(17)9-19-11-5-7-15(8-6-11)13(18)14-10-3-1-2-4-10/h1-2,10-11H,3-9H2,(H,14,18)(H,16,17). The van der Waals surface area contributed by atoms with Gasteiger partial charge in [0.25, 0.3) is 0 Å². The van der Waals surface area contributed by atoms with Crippen molar-refractivity contribution < 1.29 is 19.4 Å². The highest BCUT2D eigenvalue weighted by atomic mass is 16.5. The lowest BCUT2D eigenvalue weighted by Crippen LogP contribution is -2.48. The number of likely N-dealkylation sites (tertiary alicyclic amines) is 1. The summed E-state index contributed by atoms with van der Waals surface area (Å²) in [7, 11) is 0. The van der Waals surface area contributed by atoms with Gasteiger partial charge in [-0.15, -0.1) is 0 Å². The predicted molar refractivity (Wildman–Crippen MR) is 68.9 cm³/mol. The second-order valence-electron chi connectivity index (χ2n) is 4.98. The lowest BCUT2D eigenvalue weighted by Gasteiger charge is -2.32. The van der Waals surface area contributed by atoms with E-state index in [9.17, 15) is 9.59 Å². The van der Waals surface area contributed by atoms with E-state index in [1.807, 2.05) is 0 Å². The number of carbonyl (C=O) groups excluding carboxylic acids is 1. The van der Waals surface area contributed by atoms with Crippen molar-refractivity contribution in [1.82, 2.24) is 10.2 Å². The van der Waals surface area contributed by atoms with Gasteiger partial charge in [0.2, 0.25) is 0 Å². The van der Waals surface area contributed by atoms with E-state index in [0.717, 1.165) is 12.8 Å². The molecule has 1 saturated heterocycles. The van der Waals surface area contributed by atoms with Crippen molar-refractivity contribution in [2.24, 2.45) is 0 Å². The Bertz CT molecular complexity index is 354. The maximum atomic E-state index is 12.0. The van der Waals surface area contributed by atoms with Crippen LogP contribution in [0, 0.1) is 0 Å². The van der Waals surface area contributed by atoms with Crippen LogP contribution in [0.15, 0.2) is 12.2 Å². The van der Waals surface area contributed by atoms with Crippen LogP contribution < -0.4 is 5.32 Å². The fourth-order valence-electron chi connectivity index (χ4n) is 2.42. The van der Waals surface area contributed by atoms with Crippen molar-refractivity contribution in [2.75, 3.05) is 19.7 Å². The van der Waals surface area contributed by atoms with Crippen molar-refractivity contribution in [3.05, 3.63) is 12.2 Å². The third kappa shape index (κ3) is 4.24. The van der Waals surface area contributed by atoms with Gasteiger partial charge >= 0.3 is 12.0 Å². The first-order valence-electron chi connectivity index (χ1n) is 6.69. The molecule has 19 heavy (non-hydrogen) atoms. The van der Waals surface area contributed by atoms with Crippen LogP contribution in [-0.4, -0.2) is 53.8 Å². The van der Waals surface area contributed by atoms with Crippen molar-refractivity contribution in [2.45, 2.75) is 37.8 Å². The molecule has 1 fully saturated rings. The predicted octanol–water partition coefficient (Wildman–Crippen LogP) is 0.980. The summed E-state index contributed by atoms with van der Waals surface area (Å²) >= 11 is 0. The summed E-state index contributed by atoms with van der Waals surface area (Å²) < 4.78 is 5.24. The molecule has 0 spiro atoms. The van der Waals surface area contributed by atoms with Crippen LogP contribution in [0.5, 0.6) is 0 Å². The summed E-state index contributed by atoms with van der Waals surface area (Å²) in [5.41, 5.74) is 0. The van der Waals surface area contributed by atoms with Crippen molar-refractivity contribution in [3.8, 4) is 0 Å². The number of carbonyl (C=O) groups is 2. The molecule has 1 aliphatic heterocycles. The number of urea groups is 1. The minimum atomic E-state index is -0.950. The molecule has 6 heteroatoms. The zero-order valence-corrected chi connectivity index (χ0v) is 10.9. The molecule has 0 unspecified atom stereocenters. The summed E-state index contributed by atoms with van der Waals surface area (Å²) in [6.07, 6.45) is 7.32. The van der Waals surface area contributed by atoms with Crippen molar-refractivity contribution in [1.29, 1.82) is 0 Å². The zero-order valence-electron chi connectivity index (χ0n) is 10.9. The van der Waals surface area contributed by atoms with Crippen LogP contribution in [0.4, 0.5) is 4.79 Å². The fourth-order valence-corrected chi connectivity index (χ4v) is 2.42. The van der Waals surface area contributed by atoms with E-state index in [0.29, 0.717) is 25.9 Å². The molecule has 1 heterocycles. The molecule has 0 saturated carbocycles. The van der Waals surface area contributed by atoms with Crippen LogP contribution in [-0.2, 0) is 9.53 Å². The molecule has 106 valence electrons. The van der Waals surface area contributed by atoms with E-state index < -0.39 is 5.97 Å². The number of nitrogens with zero attached hydrogens (tertiary/aromatic N) is 1. The van der Waals surface area contributed by atoms with Gasteiger partial charge in [-0.1, -0.05) is 12.2 Å². The summed E-state index contributed by atoms with van der Waals surface area (Å²) in [5, 5.41) is 11.5. The normalized spacial score (nSPS) is 20.7. The lowest BCUT2D eigenvalue weighted by molar-refractivity contribution is -0.145. The van der Waals surface area contributed by atoms with Crippen LogP contribution in [0.2, 0.25) is 0 Å². The van der Waals surface area contributed by atoms with Gasteiger partial charge in [-0.05, 0) is 25.7 Å². The smallest absolute Gasteiger partial charge is 0.329 e. The monoisotopic (exact) mass is 268 g/mol. The Morgan fingerprint density at radius 1 is 1.26 bits per heavy atom. The van der Waals surface area contributed by atoms with Gasteiger partial charge < -0.3 is 20.1 Å². The number of hydrogen-bond acceptors (Lipinski definition) is 3. The largest absolute Gasteiger partial charge is 0.480 e. The van der Waals surface area contributed by atoms with Gasteiger partial charge in [-0.2, -0.15) is 0 Å². The fraction of sp³-hybridized carbons (Fsp3) is 0.692. The van der Waals surface area contributed by atoms with E-state index in [2.05, 4.69) is 17.5 Å². The number of ether oxygens (including phenoxy) is 1. The number of carboxylic acids is 1. The maximum Gasteiger partial charge on any atom is 0.329 e. The van der Waals surface area contributed by atoms with Crippen molar-refractivity contribution >= 4 is 12.0 Å². The second-order valence-corrected chi connectivity index (χ2v) is 4.98. The van der Waals surface area contributed by atoms with Crippen LogP contribution in [0.1, 0.15) is 25.7 Å². The summed E-state index contributed by atoms with van der Waals surface area (Å²) in [5.74, 6) is -0.950. The molecule has 2 amide bonds. The average molecular weight is 268 g/mol. The molecule has 0 atom stereocenters. The van der Waals surface area contributed by atoms with Crippen LogP contribution >= 0.6 is 0 Å². The third-order valence-corrected chi connectivity index (χ3v) is 3.51. The molecule has 1 aliphatic carbocycles. The molecule has 0 radical (unpaired) electrons. The first-order chi connectivity index (χ1) is 9.15. The van der Waals surface area contributed by atoms with Gasteiger partial charge in [0.1, 0.15) is 6.61 Å². The molecule has 0 aromatic rings. The Labute approximate surface area is 112 Å². The Hall–Kier alpha value is -1.56. The first-order valence-corrected chi connectivity index (χ1v) is 6.69. The van der Waals surface area contributed by atoms with E-state index in [4.69, 9.17) is 9.84 Å². The van der Waals surface area contributed by atoms with Gasteiger partial charge in [0, 0.05) is 19.1 Å². The Morgan fingerprint density at radius 3 is 2.47 bits per heavy atom. The van der Waals surface area contributed by atoms with E-state index >= 15 is 0 Å². The highest BCUT2D eigenvalue weighted by molar-refractivity contribution is 5.74. The molecular weight excluding hydrogens is 248 g/mol. The SMILES string of the molecule is O=C(O)COC1CCN(C(=O)NC2CC=CC2)CC1. The number of piperidine rings is 1. The third-order valence-electron chi connectivity index (χ3n) is 3.51. The number of amides is 2. The lowest BCUT2D eigenvalue weighted by atomic mass is 10.1. The number of aliphatic carboxylic acids is 1. The van der Waals surface area contributed by atoms with E-state index in [-0.39, 0.29) is 24.8 Å². The molecule has 0 bridgehead atoms. The summed E-state index contributed by atoms with van der Waals surface area (Å²) in [4.78, 5) is 24.2. The Kier molecular flexibility index (Phi) is 4.79. The molecule has 6 nitrogen and oxygen atoms in total. The van der Waals surface area contributed by atoms with Gasteiger partial charge in [-0.3, -0.25) is 0 Å². The number of hydrogen-bond donors (Lipinski definition) is 2. The quantitative estimate of drug-likeness (QED) is 0.745. The zero-order chi connectivity index (χ0) is 13.7. The van der Waals surface area contributed by atoms with Gasteiger partial charge in [-0.25, -0.2) is 9.59 Å². The van der Waals surface area contributed by atoms with Crippen LogP contribution in [0.3, 0.4) is 0 Å². The average Bonchev–Trinajstić information content (AvgIpc) is 2.89. The van der Waals surface area contributed by atoms with Gasteiger partial charge in [0.05, 0.1) is 6.10 Å². The minimum Gasteiger partial charge on any atom is -0.480 e. The van der Waals surface area contributed by atoms with E-state index in [1.54, 1.807) is 4.90 Å². The van der Waals surface area contributed by atoms with Crippen molar-refractivity contribution in [3.63, 3.8) is 0 Å². The molecule has 2 aliphatic rings.